The second-order valence-electron chi connectivity index (χ2n) is 8.10. The van der Waals surface area contributed by atoms with Crippen LogP contribution in [0.2, 0.25) is 0 Å². The normalized spacial score (nSPS) is 29.7. The van der Waals surface area contributed by atoms with Gasteiger partial charge in [-0.05, 0) is 25.0 Å². The van der Waals surface area contributed by atoms with Gasteiger partial charge in [-0.15, -0.1) is 11.8 Å². The van der Waals surface area contributed by atoms with Gasteiger partial charge in [0.25, 0.3) is 0 Å². The molecule has 0 radical (unpaired) electrons. The van der Waals surface area contributed by atoms with E-state index in [2.05, 4.69) is 27.1 Å². The number of aromatic nitrogens is 4. The van der Waals surface area contributed by atoms with E-state index in [0.717, 1.165) is 12.8 Å². The molecule has 2 aromatic heterocycles. The zero-order valence-electron chi connectivity index (χ0n) is 17.4. The molecule has 11 heteroatoms. The maximum Gasteiger partial charge on any atom is 0.237 e. The number of ether oxygens (including phenoxy) is 1. The van der Waals surface area contributed by atoms with Gasteiger partial charge in [0.15, 0.2) is 11.5 Å². The molecule has 4 atom stereocenters. The van der Waals surface area contributed by atoms with Gasteiger partial charge in [0, 0.05) is 23.2 Å². The summed E-state index contributed by atoms with van der Waals surface area (Å²) in [4.78, 5) is 15.8. The number of benzene rings is 1. The smallest absolute Gasteiger partial charge is 0.237 e. The van der Waals surface area contributed by atoms with Crippen LogP contribution in [0.5, 0.6) is 0 Å². The number of anilines is 1. The van der Waals surface area contributed by atoms with E-state index >= 15 is 0 Å². The molecule has 4 heterocycles. The zero-order chi connectivity index (χ0) is 22.3. The molecule has 32 heavy (non-hydrogen) atoms. The Morgan fingerprint density at radius 2 is 1.88 bits per heavy atom. The fraction of sp³-hybridized carbons (Fsp3) is 0.476. The Hall–Kier alpha value is -2.28. The van der Waals surface area contributed by atoms with Gasteiger partial charge in [-0.3, -0.25) is 9.47 Å². The molecule has 0 unspecified atom stereocenters. The highest BCUT2D eigenvalue weighted by molar-refractivity contribution is 8.00. The number of nitrogens with two attached hydrogens (primary N) is 1. The van der Waals surface area contributed by atoms with Crippen molar-refractivity contribution in [2.24, 2.45) is 0 Å². The standard InChI is InChI=1S/C21H26N6O4S/c22-19-16-20(24-11-23-19)27(12-25-16)21(18(30)17(29)15(10-28)31-21)26-8-6-14(7-9-26)32-13-4-2-1-3-5-13/h1-5,11-12,14-15,17-18,28-30H,6-10H2,(H2,22,23,24)/t15-,17-,18-,21-/m1/s1. The van der Waals surface area contributed by atoms with E-state index in [-0.39, 0.29) is 5.82 Å². The van der Waals surface area contributed by atoms with Crippen LogP contribution < -0.4 is 5.73 Å². The van der Waals surface area contributed by atoms with Gasteiger partial charge < -0.3 is 25.8 Å². The molecule has 5 rings (SSSR count). The molecule has 2 aliphatic rings. The number of thioether (sulfide) groups is 1. The molecule has 2 fully saturated rings. The lowest BCUT2D eigenvalue weighted by atomic mass is 10.0. The van der Waals surface area contributed by atoms with Crippen LogP contribution in [0.25, 0.3) is 11.2 Å². The fourth-order valence-electron chi connectivity index (χ4n) is 4.62. The number of imidazole rings is 1. The third-order valence-corrected chi connectivity index (χ3v) is 7.59. The SMILES string of the molecule is Nc1ncnc2c1ncn2[C@@]1(N2CCC(Sc3ccccc3)CC2)O[C@H](CO)[C@@H](O)[C@H]1O. The van der Waals surface area contributed by atoms with Crippen LogP contribution in [0.3, 0.4) is 0 Å². The predicted octanol–water partition coefficient (Wildman–Crippen LogP) is 0.388. The maximum atomic E-state index is 11.2. The molecular weight excluding hydrogens is 432 g/mol. The van der Waals surface area contributed by atoms with E-state index in [1.165, 1.54) is 17.6 Å². The van der Waals surface area contributed by atoms with Gasteiger partial charge >= 0.3 is 0 Å². The molecule has 2 aliphatic heterocycles. The monoisotopic (exact) mass is 458 g/mol. The lowest BCUT2D eigenvalue weighted by Gasteiger charge is -2.46. The lowest BCUT2D eigenvalue weighted by molar-refractivity contribution is -0.245. The quantitative estimate of drug-likeness (QED) is 0.424. The predicted molar refractivity (Wildman–Crippen MR) is 119 cm³/mol. The van der Waals surface area contributed by atoms with Crippen LogP contribution in [0.4, 0.5) is 5.82 Å². The minimum Gasteiger partial charge on any atom is -0.394 e. The Labute approximate surface area is 189 Å². The van der Waals surface area contributed by atoms with Gasteiger partial charge in [0.1, 0.15) is 36.5 Å². The van der Waals surface area contributed by atoms with Crippen molar-refractivity contribution >= 4 is 28.7 Å². The first-order valence-electron chi connectivity index (χ1n) is 10.6. The second-order valence-corrected chi connectivity index (χ2v) is 9.47. The van der Waals surface area contributed by atoms with Crippen molar-refractivity contribution in [3.05, 3.63) is 43.0 Å². The van der Waals surface area contributed by atoms with Crippen molar-refractivity contribution in [2.45, 2.75) is 47.1 Å². The Kier molecular flexibility index (Phi) is 5.78. The van der Waals surface area contributed by atoms with Gasteiger partial charge in [-0.1, -0.05) is 18.2 Å². The first-order valence-corrected chi connectivity index (χ1v) is 11.5. The second kappa shape index (κ2) is 8.58. The van der Waals surface area contributed by atoms with Crippen LogP contribution in [-0.2, 0) is 10.6 Å². The molecular formula is C21H26N6O4S. The minimum absolute atomic E-state index is 0.216. The summed E-state index contributed by atoms with van der Waals surface area (Å²) >= 11 is 1.84. The number of fused-ring (bicyclic) bond motifs is 1. The van der Waals surface area contributed by atoms with Gasteiger partial charge in [-0.25, -0.2) is 15.0 Å². The number of aliphatic hydroxyl groups excluding tert-OH is 3. The maximum absolute atomic E-state index is 11.2. The van der Waals surface area contributed by atoms with Crippen LogP contribution in [0.1, 0.15) is 12.8 Å². The molecule has 0 spiro atoms. The number of nitrogen functional groups attached to an aromatic ring is 1. The molecule has 170 valence electrons. The highest BCUT2D eigenvalue weighted by atomic mass is 32.2. The number of nitrogens with zero attached hydrogens (tertiary/aromatic N) is 5. The number of rotatable bonds is 5. The molecule has 0 bridgehead atoms. The summed E-state index contributed by atoms with van der Waals surface area (Å²) in [5, 5.41) is 32.0. The third kappa shape index (κ3) is 3.45. The van der Waals surface area contributed by atoms with Crippen LogP contribution in [0, 0.1) is 0 Å². The fourth-order valence-corrected chi connectivity index (χ4v) is 5.77. The van der Waals surface area contributed by atoms with E-state index < -0.39 is 30.8 Å². The molecule has 0 amide bonds. The summed E-state index contributed by atoms with van der Waals surface area (Å²) in [6.45, 7) is 0.809. The summed E-state index contributed by atoms with van der Waals surface area (Å²) in [7, 11) is 0. The Bertz CT molecular complexity index is 1080. The number of hydrogen-bond acceptors (Lipinski definition) is 10. The first-order chi connectivity index (χ1) is 15.5. The van der Waals surface area contributed by atoms with E-state index in [1.54, 1.807) is 4.57 Å². The van der Waals surface area contributed by atoms with Crippen molar-refractivity contribution < 1.29 is 20.1 Å². The summed E-state index contributed by atoms with van der Waals surface area (Å²) in [5.74, 6) is -1.25. The Balaban J connectivity index is 1.47. The van der Waals surface area contributed by atoms with Crippen LogP contribution >= 0.6 is 11.8 Å². The Morgan fingerprint density at radius 1 is 1.12 bits per heavy atom. The third-order valence-electron chi connectivity index (χ3n) is 6.24. The number of aliphatic hydroxyl groups is 3. The van der Waals surface area contributed by atoms with Crippen LogP contribution in [0.15, 0.2) is 47.9 Å². The molecule has 1 aromatic carbocycles. The lowest BCUT2D eigenvalue weighted by Crippen LogP contribution is -2.60. The Morgan fingerprint density at radius 3 is 2.56 bits per heavy atom. The first kappa shape index (κ1) is 21.6. The van der Waals surface area contributed by atoms with Gasteiger partial charge in [-0.2, -0.15) is 0 Å². The largest absolute Gasteiger partial charge is 0.394 e. The highest BCUT2D eigenvalue weighted by Crippen LogP contribution is 2.43. The van der Waals surface area contributed by atoms with Gasteiger partial charge in [0.2, 0.25) is 5.85 Å². The molecule has 0 saturated carbocycles. The topological polar surface area (TPSA) is 143 Å². The van der Waals surface area contributed by atoms with E-state index in [1.807, 2.05) is 34.9 Å². The summed E-state index contributed by atoms with van der Waals surface area (Å²) in [6, 6.07) is 10.3. The van der Waals surface area contributed by atoms with Crippen molar-refractivity contribution in [3.63, 3.8) is 0 Å². The molecule has 2 saturated heterocycles. The number of hydrogen-bond donors (Lipinski definition) is 4. The molecule has 0 aliphatic carbocycles. The van der Waals surface area contributed by atoms with Crippen molar-refractivity contribution in [3.8, 4) is 0 Å². The average Bonchev–Trinajstić information content (AvgIpc) is 3.36. The van der Waals surface area contributed by atoms with E-state index in [0.29, 0.717) is 29.5 Å². The molecule has 3 aromatic rings. The van der Waals surface area contributed by atoms with Crippen LogP contribution in [-0.4, -0.2) is 83.0 Å². The van der Waals surface area contributed by atoms with Crippen molar-refractivity contribution in [1.82, 2.24) is 24.4 Å². The summed E-state index contributed by atoms with van der Waals surface area (Å²) in [5.41, 5.74) is 6.74. The van der Waals surface area contributed by atoms with E-state index in [4.69, 9.17) is 10.5 Å². The number of likely N-dealkylation sites (tertiary alicyclic amines) is 1. The molecule has 10 nitrogen and oxygen atoms in total. The van der Waals surface area contributed by atoms with Crippen molar-refractivity contribution in [1.29, 1.82) is 0 Å². The highest BCUT2D eigenvalue weighted by Gasteiger charge is 2.59. The minimum atomic E-state index is -1.47. The summed E-state index contributed by atoms with van der Waals surface area (Å²) < 4.78 is 7.80. The van der Waals surface area contributed by atoms with E-state index in [9.17, 15) is 15.3 Å². The zero-order valence-corrected chi connectivity index (χ0v) is 18.2. The number of piperidine rings is 1. The average molecular weight is 459 g/mol. The molecule has 5 N–H and O–H groups in total. The van der Waals surface area contributed by atoms with Gasteiger partial charge in [0.05, 0.1) is 6.61 Å². The van der Waals surface area contributed by atoms with Crippen molar-refractivity contribution in [2.75, 3.05) is 25.4 Å². The summed E-state index contributed by atoms with van der Waals surface area (Å²) in [6.07, 6.45) is 1.00.